The number of hydrogen-bond acceptors (Lipinski definition) is 8. The SMILES string of the molecule is CO[C@H]1O[C@H](C(O)C(=O)c2ccccc2)C[C@@](O)(C(=O)c2ccccc2)[C@]1(O)C(=O)c1ccccc1. The number of aliphatic hydroxyl groups is 3. The number of carbonyl (C=O) groups excluding carboxylic acids is 3. The second kappa shape index (κ2) is 10.2. The first-order chi connectivity index (χ1) is 17.2. The van der Waals surface area contributed by atoms with Gasteiger partial charge in [0, 0.05) is 30.2 Å². The van der Waals surface area contributed by atoms with Crippen molar-refractivity contribution in [3.8, 4) is 0 Å². The molecule has 0 radical (unpaired) electrons. The summed E-state index contributed by atoms with van der Waals surface area (Å²) in [5.41, 5.74) is -5.52. The van der Waals surface area contributed by atoms with Crippen molar-refractivity contribution in [2.75, 3.05) is 7.11 Å². The van der Waals surface area contributed by atoms with Gasteiger partial charge in [0.2, 0.25) is 11.4 Å². The zero-order chi connectivity index (χ0) is 25.9. The maximum Gasteiger partial charge on any atom is 0.215 e. The Balaban J connectivity index is 1.81. The molecule has 3 aromatic rings. The first kappa shape index (κ1) is 25.6. The summed E-state index contributed by atoms with van der Waals surface area (Å²) in [7, 11) is 1.12. The molecule has 0 saturated carbocycles. The summed E-state index contributed by atoms with van der Waals surface area (Å²) in [6, 6.07) is 23.2. The number of aliphatic hydroxyl groups excluding tert-OH is 1. The Morgan fingerprint density at radius 1 is 0.806 bits per heavy atom. The van der Waals surface area contributed by atoms with Crippen LogP contribution in [0.5, 0.6) is 0 Å². The minimum atomic E-state index is -2.90. The van der Waals surface area contributed by atoms with Crippen molar-refractivity contribution >= 4 is 17.3 Å². The molecule has 1 heterocycles. The normalized spacial score (nSPS) is 26.7. The number of methoxy groups -OCH3 is 1. The smallest absolute Gasteiger partial charge is 0.215 e. The lowest BCUT2D eigenvalue weighted by Gasteiger charge is -2.51. The molecule has 4 rings (SSSR count). The third-order valence-electron chi connectivity index (χ3n) is 6.45. The summed E-state index contributed by atoms with van der Waals surface area (Å²) in [5.74, 6) is -2.71. The fraction of sp³-hybridized carbons (Fsp3) is 0.250. The molecule has 0 aromatic heterocycles. The van der Waals surface area contributed by atoms with Gasteiger partial charge in [0.15, 0.2) is 23.5 Å². The maximum absolute atomic E-state index is 13.7. The van der Waals surface area contributed by atoms with Crippen molar-refractivity contribution in [1.29, 1.82) is 0 Å². The number of rotatable bonds is 8. The lowest BCUT2D eigenvalue weighted by atomic mass is 9.67. The van der Waals surface area contributed by atoms with Gasteiger partial charge in [0.1, 0.15) is 6.10 Å². The third-order valence-corrected chi connectivity index (χ3v) is 6.45. The Morgan fingerprint density at radius 3 is 1.72 bits per heavy atom. The Labute approximate surface area is 207 Å². The van der Waals surface area contributed by atoms with Crippen molar-refractivity contribution in [1.82, 2.24) is 0 Å². The van der Waals surface area contributed by atoms with Crippen molar-refractivity contribution in [3.05, 3.63) is 108 Å². The molecule has 1 fully saturated rings. The molecule has 3 aromatic carbocycles. The first-order valence-electron chi connectivity index (χ1n) is 11.3. The summed E-state index contributed by atoms with van der Waals surface area (Å²) < 4.78 is 11.0. The lowest BCUT2D eigenvalue weighted by molar-refractivity contribution is -0.309. The van der Waals surface area contributed by atoms with E-state index in [2.05, 4.69) is 0 Å². The van der Waals surface area contributed by atoms with Crippen LogP contribution in [0, 0.1) is 0 Å². The molecular formula is C28H26O8. The third kappa shape index (κ3) is 4.30. The predicted octanol–water partition coefficient (Wildman–Crippen LogP) is 2.22. The lowest BCUT2D eigenvalue weighted by Crippen LogP contribution is -2.75. The fourth-order valence-electron chi connectivity index (χ4n) is 4.50. The van der Waals surface area contributed by atoms with Gasteiger partial charge in [-0.05, 0) is 0 Å². The van der Waals surface area contributed by atoms with E-state index in [1.54, 1.807) is 54.6 Å². The number of ketones is 3. The monoisotopic (exact) mass is 490 g/mol. The molecule has 8 nitrogen and oxygen atoms in total. The quantitative estimate of drug-likeness (QED) is 0.410. The molecule has 186 valence electrons. The van der Waals surface area contributed by atoms with Gasteiger partial charge >= 0.3 is 0 Å². The zero-order valence-corrected chi connectivity index (χ0v) is 19.5. The molecule has 1 aliphatic rings. The number of benzene rings is 3. The van der Waals surface area contributed by atoms with E-state index in [-0.39, 0.29) is 16.7 Å². The molecule has 3 N–H and O–H groups in total. The largest absolute Gasteiger partial charge is 0.382 e. The average molecular weight is 491 g/mol. The first-order valence-corrected chi connectivity index (χ1v) is 11.3. The van der Waals surface area contributed by atoms with E-state index in [9.17, 15) is 29.7 Å². The van der Waals surface area contributed by atoms with Crippen molar-refractivity contribution in [3.63, 3.8) is 0 Å². The standard InChI is InChI=1S/C28H26O8/c1-35-26-28(34,25(32)20-15-9-4-10-16-20)27(33,24(31)19-13-7-3-8-14-19)17-21(36-26)23(30)22(29)18-11-5-2-6-12-18/h2-16,21,23,26,30,33-34H,17H2,1H3/t21-,23?,26-,27+,28-/m0/s1. The Hall–Kier alpha value is -3.53. The van der Waals surface area contributed by atoms with Crippen LogP contribution in [0.25, 0.3) is 0 Å². The van der Waals surface area contributed by atoms with Crippen LogP contribution in [0.4, 0.5) is 0 Å². The highest BCUT2D eigenvalue weighted by molar-refractivity contribution is 6.12. The second-order valence-electron chi connectivity index (χ2n) is 8.64. The van der Waals surface area contributed by atoms with E-state index in [1.807, 2.05) is 0 Å². The van der Waals surface area contributed by atoms with Crippen LogP contribution >= 0.6 is 0 Å². The summed E-state index contributed by atoms with van der Waals surface area (Å²) in [5, 5.41) is 34.6. The van der Waals surface area contributed by atoms with E-state index in [1.165, 1.54) is 36.4 Å². The van der Waals surface area contributed by atoms with E-state index < -0.39 is 53.5 Å². The van der Waals surface area contributed by atoms with Crippen LogP contribution < -0.4 is 0 Å². The molecule has 5 atom stereocenters. The van der Waals surface area contributed by atoms with Gasteiger partial charge in [0.25, 0.3) is 0 Å². The summed E-state index contributed by atoms with van der Waals surface area (Å²) in [4.78, 5) is 40.3. The molecule has 1 aliphatic heterocycles. The highest BCUT2D eigenvalue weighted by Gasteiger charge is 2.69. The van der Waals surface area contributed by atoms with Crippen molar-refractivity contribution in [2.24, 2.45) is 0 Å². The van der Waals surface area contributed by atoms with Gasteiger partial charge < -0.3 is 24.8 Å². The van der Waals surface area contributed by atoms with Crippen LogP contribution in [0.1, 0.15) is 37.5 Å². The molecular weight excluding hydrogens is 464 g/mol. The van der Waals surface area contributed by atoms with Gasteiger partial charge in [-0.15, -0.1) is 0 Å². The Morgan fingerprint density at radius 2 is 1.25 bits per heavy atom. The van der Waals surface area contributed by atoms with Gasteiger partial charge in [-0.3, -0.25) is 14.4 Å². The van der Waals surface area contributed by atoms with Crippen molar-refractivity contribution < 1.29 is 39.2 Å². The van der Waals surface area contributed by atoms with Crippen molar-refractivity contribution in [2.45, 2.75) is 36.1 Å². The van der Waals surface area contributed by atoms with Crippen LogP contribution in [0.2, 0.25) is 0 Å². The molecule has 0 amide bonds. The highest BCUT2D eigenvalue weighted by atomic mass is 16.7. The number of ether oxygens (including phenoxy) is 2. The van der Waals surface area contributed by atoms with Crippen LogP contribution in [0.3, 0.4) is 0 Å². The second-order valence-corrected chi connectivity index (χ2v) is 8.64. The average Bonchev–Trinajstić information content (AvgIpc) is 2.94. The molecule has 8 heteroatoms. The topological polar surface area (TPSA) is 130 Å². The summed E-state index contributed by atoms with van der Waals surface area (Å²) in [6.07, 6.45) is -5.95. The molecule has 0 bridgehead atoms. The van der Waals surface area contributed by atoms with E-state index >= 15 is 0 Å². The van der Waals surface area contributed by atoms with Crippen LogP contribution in [0.15, 0.2) is 91.0 Å². The van der Waals surface area contributed by atoms with Gasteiger partial charge in [0.05, 0.1) is 6.10 Å². The maximum atomic E-state index is 13.7. The highest BCUT2D eigenvalue weighted by Crippen LogP contribution is 2.43. The van der Waals surface area contributed by atoms with E-state index in [0.717, 1.165) is 7.11 Å². The van der Waals surface area contributed by atoms with E-state index in [4.69, 9.17) is 9.47 Å². The zero-order valence-electron chi connectivity index (χ0n) is 19.5. The Bertz CT molecular complexity index is 1230. The molecule has 1 unspecified atom stereocenters. The molecule has 1 saturated heterocycles. The van der Waals surface area contributed by atoms with Gasteiger partial charge in [-0.1, -0.05) is 91.0 Å². The van der Waals surface area contributed by atoms with Gasteiger partial charge in [-0.25, -0.2) is 0 Å². The van der Waals surface area contributed by atoms with Crippen LogP contribution in [-0.2, 0) is 9.47 Å². The minimum Gasteiger partial charge on any atom is -0.382 e. The molecule has 0 spiro atoms. The van der Waals surface area contributed by atoms with E-state index in [0.29, 0.717) is 0 Å². The number of hydrogen-bond donors (Lipinski definition) is 3. The summed E-state index contributed by atoms with van der Waals surface area (Å²) in [6.45, 7) is 0. The number of carbonyl (C=O) groups is 3. The minimum absolute atomic E-state index is 0.00398. The summed E-state index contributed by atoms with van der Waals surface area (Å²) >= 11 is 0. The number of Topliss-reactive ketones (excluding diaryl/α,β-unsaturated/α-hetero) is 3. The predicted molar refractivity (Wildman–Crippen MR) is 129 cm³/mol. The molecule has 36 heavy (non-hydrogen) atoms. The fourth-order valence-corrected chi connectivity index (χ4v) is 4.50. The van der Waals surface area contributed by atoms with Gasteiger partial charge in [-0.2, -0.15) is 0 Å². The molecule has 0 aliphatic carbocycles. The van der Waals surface area contributed by atoms with Crippen LogP contribution in [-0.4, -0.2) is 69.5 Å². The Kier molecular flexibility index (Phi) is 7.26.